The van der Waals surface area contributed by atoms with Crippen LogP contribution in [0.3, 0.4) is 0 Å². The second kappa shape index (κ2) is 7.99. The molecule has 9 atom stereocenters. The average Bonchev–Trinajstić information content (AvgIpc) is 3.19. The summed E-state index contributed by atoms with van der Waals surface area (Å²) in [5.74, 6) is 2.23. The van der Waals surface area contributed by atoms with Gasteiger partial charge in [0.25, 0.3) is 0 Å². The number of hydrogen-bond acceptors (Lipinski definition) is 5. The fourth-order valence-electron chi connectivity index (χ4n) is 11.4. The molecule has 2 spiro atoms. The molecule has 0 bridgehead atoms. The van der Waals surface area contributed by atoms with Crippen LogP contribution in [-0.4, -0.2) is 37.0 Å². The maximum Gasteiger partial charge on any atom is 0.107 e. The van der Waals surface area contributed by atoms with Crippen LogP contribution in [0.2, 0.25) is 0 Å². The summed E-state index contributed by atoms with van der Waals surface area (Å²) in [6.45, 7) is 7.60. The lowest BCUT2D eigenvalue weighted by molar-refractivity contribution is -0.425. The second-order valence-electron chi connectivity index (χ2n) is 15.6. The van der Waals surface area contributed by atoms with E-state index in [1.165, 1.54) is 23.2 Å². The SMILES string of the molecule is CN(C)c1ccc2c(c1)C[C@]13CCC4(CC(C)(C)COO4)C[C@]1(O)CC[C@@H]1[C@@H]3[C@@H]2C[C@]2(C)[C@@H](C#N)CC[C@@H]12. The number of benzene rings is 1. The third-order valence-corrected chi connectivity index (χ3v) is 12.8. The molecule has 1 aromatic carbocycles. The molecule has 1 heterocycles. The molecule has 1 N–H and O–H groups in total. The first kappa shape index (κ1) is 25.4. The molecule has 1 unspecified atom stereocenters. The Kier molecular flexibility index (Phi) is 5.33. The van der Waals surface area contributed by atoms with Crippen molar-refractivity contribution >= 4 is 5.69 Å². The highest BCUT2D eigenvalue weighted by Crippen LogP contribution is 2.75. The molecule has 1 saturated heterocycles. The van der Waals surface area contributed by atoms with Gasteiger partial charge in [0.2, 0.25) is 0 Å². The smallest absolute Gasteiger partial charge is 0.107 e. The van der Waals surface area contributed by atoms with Crippen LogP contribution in [-0.2, 0) is 16.2 Å². The lowest BCUT2D eigenvalue weighted by Crippen LogP contribution is -2.70. The van der Waals surface area contributed by atoms with Gasteiger partial charge < -0.3 is 10.0 Å². The number of rotatable bonds is 1. The molecule has 0 amide bonds. The highest BCUT2D eigenvalue weighted by Gasteiger charge is 2.72. The summed E-state index contributed by atoms with van der Waals surface area (Å²) in [5.41, 5.74) is 3.02. The number of hydrogen-bond donors (Lipinski definition) is 1. The van der Waals surface area contributed by atoms with Crippen molar-refractivity contribution in [2.24, 2.45) is 39.9 Å². The normalized spacial score (nSPS) is 48.3. The zero-order chi connectivity index (χ0) is 26.7. The lowest BCUT2D eigenvalue weighted by Gasteiger charge is -2.70. The number of nitrogens with zero attached hydrogens (tertiary/aromatic N) is 2. The standard InChI is InChI=1S/C33H46N2O3/c1-29(2)18-31(38-37-20-29)12-13-32-15-21-14-23(35(4)5)7-8-24(21)26-16-30(3)22(17-34)6-9-27(30)25(28(26)32)10-11-33(32,36)19-31/h7-8,14,22,25-28,36H,6,9-13,15-16,18-20H2,1-5H3/t22-,25+,26-,27+,28-,30-,31?,32+,33-/m1/s1. The molecule has 5 heteroatoms. The summed E-state index contributed by atoms with van der Waals surface area (Å²) < 4.78 is 0. The van der Waals surface area contributed by atoms with Gasteiger partial charge in [0.15, 0.2) is 0 Å². The number of aliphatic hydroxyl groups is 1. The second-order valence-corrected chi connectivity index (χ2v) is 15.6. The molecule has 7 rings (SSSR count). The van der Waals surface area contributed by atoms with Gasteiger partial charge in [-0.25, -0.2) is 9.78 Å². The van der Waals surface area contributed by atoms with E-state index in [2.05, 4.69) is 64.0 Å². The van der Waals surface area contributed by atoms with Gasteiger partial charge in [-0.2, -0.15) is 5.26 Å². The molecule has 0 radical (unpaired) electrons. The Morgan fingerprint density at radius 3 is 2.61 bits per heavy atom. The number of nitriles is 1. The van der Waals surface area contributed by atoms with Gasteiger partial charge in [0, 0.05) is 31.6 Å². The molecule has 5 nitrogen and oxygen atoms in total. The van der Waals surface area contributed by atoms with E-state index in [4.69, 9.17) is 9.78 Å². The number of fused-ring (bicyclic) bond motifs is 4. The fourth-order valence-corrected chi connectivity index (χ4v) is 11.4. The molecule has 0 aromatic heterocycles. The first-order valence-corrected chi connectivity index (χ1v) is 15.2. The summed E-state index contributed by atoms with van der Waals surface area (Å²) in [7, 11) is 4.24. The molecule has 38 heavy (non-hydrogen) atoms. The zero-order valence-corrected chi connectivity index (χ0v) is 24.1. The van der Waals surface area contributed by atoms with Crippen LogP contribution in [0.4, 0.5) is 5.69 Å². The van der Waals surface area contributed by atoms with Crippen molar-refractivity contribution in [3.63, 3.8) is 0 Å². The highest BCUT2D eigenvalue weighted by molar-refractivity contribution is 5.53. The predicted molar refractivity (Wildman–Crippen MR) is 147 cm³/mol. The predicted octanol–water partition coefficient (Wildman–Crippen LogP) is 6.40. The van der Waals surface area contributed by atoms with Crippen LogP contribution in [0.15, 0.2) is 18.2 Å². The Bertz CT molecular complexity index is 1190. The van der Waals surface area contributed by atoms with Crippen molar-refractivity contribution < 1.29 is 14.9 Å². The van der Waals surface area contributed by atoms with E-state index >= 15 is 0 Å². The van der Waals surface area contributed by atoms with Crippen LogP contribution in [0.1, 0.15) is 95.6 Å². The van der Waals surface area contributed by atoms with Crippen LogP contribution >= 0.6 is 0 Å². The van der Waals surface area contributed by atoms with Crippen LogP contribution in [0.5, 0.6) is 0 Å². The Morgan fingerprint density at radius 2 is 1.87 bits per heavy atom. The largest absolute Gasteiger partial charge is 0.389 e. The molecule has 1 aromatic rings. The van der Waals surface area contributed by atoms with Gasteiger partial charge in [0.1, 0.15) is 5.60 Å². The summed E-state index contributed by atoms with van der Waals surface area (Å²) in [4.78, 5) is 14.1. The van der Waals surface area contributed by atoms with E-state index in [1.54, 1.807) is 0 Å². The fraction of sp³-hybridized carbons (Fsp3) is 0.788. The minimum Gasteiger partial charge on any atom is -0.389 e. The first-order chi connectivity index (χ1) is 17.9. The van der Waals surface area contributed by atoms with Gasteiger partial charge in [-0.1, -0.05) is 26.8 Å². The zero-order valence-electron chi connectivity index (χ0n) is 24.1. The highest BCUT2D eigenvalue weighted by atomic mass is 17.2. The average molecular weight is 519 g/mol. The maximum atomic E-state index is 12.9. The molecule has 4 saturated carbocycles. The van der Waals surface area contributed by atoms with E-state index in [0.717, 1.165) is 51.4 Å². The van der Waals surface area contributed by atoms with Crippen molar-refractivity contribution in [3.8, 4) is 6.07 Å². The third kappa shape index (κ3) is 3.26. The van der Waals surface area contributed by atoms with Crippen LogP contribution in [0.25, 0.3) is 0 Å². The van der Waals surface area contributed by atoms with Crippen molar-refractivity contribution in [1.82, 2.24) is 0 Å². The molecule has 206 valence electrons. The first-order valence-electron chi connectivity index (χ1n) is 15.2. The van der Waals surface area contributed by atoms with Crippen molar-refractivity contribution in [3.05, 3.63) is 29.3 Å². The summed E-state index contributed by atoms with van der Waals surface area (Å²) >= 11 is 0. The maximum absolute atomic E-state index is 12.9. The summed E-state index contributed by atoms with van der Waals surface area (Å²) in [5, 5.41) is 23.1. The summed E-state index contributed by atoms with van der Waals surface area (Å²) in [6.07, 6.45) is 9.77. The topological polar surface area (TPSA) is 65.7 Å². The van der Waals surface area contributed by atoms with E-state index in [9.17, 15) is 10.4 Å². The minimum absolute atomic E-state index is 0.0570. The molecule has 5 fully saturated rings. The Morgan fingerprint density at radius 1 is 1.05 bits per heavy atom. The van der Waals surface area contributed by atoms with Crippen molar-refractivity contribution in [2.45, 2.75) is 102 Å². The molecule has 6 aliphatic rings. The number of anilines is 1. The van der Waals surface area contributed by atoms with Gasteiger partial charge in [-0.05, 0) is 116 Å². The molecule has 5 aliphatic carbocycles. The van der Waals surface area contributed by atoms with Crippen molar-refractivity contribution in [2.75, 3.05) is 25.6 Å². The summed E-state index contributed by atoms with van der Waals surface area (Å²) in [6, 6.07) is 9.84. The van der Waals surface area contributed by atoms with E-state index in [1.807, 2.05) is 0 Å². The Balaban J connectivity index is 1.36. The Labute approximate surface area is 228 Å². The monoisotopic (exact) mass is 518 g/mol. The van der Waals surface area contributed by atoms with Gasteiger partial charge in [0.05, 0.1) is 24.2 Å². The van der Waals surface area contributed by atoms with Crippen LogP contribution < -0.4 is 4.90 Å². The van der Waals surface area contributed by atoms with Gasteiger partial charge in [-0.15, -0.1) is 0 Å². The lowest BCUT2D eigenvalue weighted by atomic mass is 9.36. The van der Waals surface area contributed by atoms with Crippen LogP contribution in [0, 0.1) is 51.2 Å². The van der Waals surface area contributed by atoms with E-state index in [0.29, 0.717) is 36.7 Å². The quantitative estimate of drug-likeness (QED) is 0.436. The molecular formula is C33H46N2O3. The van der Waals surface area contributed by atoms with Crippen molar-refractivity contribution in [1.29, 1.82) is 5.26 Å². The van der Waals surface area contributed by atoms with E-state index < -0.39 is 11.2 Å². The molecule has 1 aliphatic heterocycles. The molecular weight excluding hydrogens is 472 g/mol. The third-order valence-electron chi connectivity index (χ3n) is 12.8. The van der Waals surface area contributed by atoms with E-state index in [-0.39, 0.29) is 22.2 Å². The minimum atomic E-state index is -0.756. The van der Waals surface area contributed by atoms with Gasteiger partial charge >= 0.3 is 0 Å². The van der Waals surface area contributed by atoms with Gasteiger partial charge in [-0.3, -0.25) is 0 Å². The Hall–Kier alpha value is -1.61.